The van der Waals surface area contributed by atoms with Crippen LogP contribution in [-0.4, -0.2) is 14.8 Å². The summed E-state index contributed by atoms with van der Waals surface area (Å²) in [6.45, 7) is 6.55. The second kappa shape index (κ2) is 16.1. The molecule has 0 atom stereocenters. The van der Waals surface area contributed by atoms with Gasteiger partial charge in [0.1, 0.15) is 0 Å². The first kappa shape index (κ1) is 35.4. The van der Waals surface area contributed by atoms with Crippen molar-refractivity contribution in [3.63, 3.8) is 0 Å². The Morgan fingerprint density at radius 3 is 1.24 bits per heavy atom. The quantitative estimate of drug-likeness (QED) is 0.129. The molecule has 0 aliphatic carbocycles. The number of rotatable bonds is 9. The van der Waals surface area contributed by atoms with Gasteiger partial charge in [0.2, 0.25) is 0 Å². The van der Waals surface area contributed by atoms with Crippen LogP contribution in [0.5, 0.6) is 0 Å². The van der Waals surface area contributed by atoms with Gasteiger partial charge in [-0.15, -0.1) is 0 Å². The lowest BCUT2D eigenvalue weighted by atomic mass is 10.0. The number of aliphatic imine (C=N–C) groups is 1. The van der Waals surface area contributed by atoms with Crippen LogP contribution in [0.4, 0.5) is 5.69 Å². The average Bonchev–Trinajstić information content (AvgIpc) is 3.62. The Hall–Kier alpha value is -3.97. The molecule has 6 heteroatoms. The monoisotopic (exact) mass is 859 g/mol. The minimum atomic E-state index is 0.972. The molecule has 256 valence electrons. The highest BCUT2D eigenvalue weighted by Crippen LogP contribution is 2.35. The molecular weight excluding hydrogens is 822 g/mol. The molecule has 2 heterocycles. The molecule has 2 aromatic heterocycles. The molecule has 8 rings (SSSR count). The summed E-state index contributed by atoms with van der Waals surface area (Å²) >= 11 is 10.8. The highest BCUT2D eigenvalue weighted by atomic mass is 79.9. The largest absolute Gasteiger partial charge is 0.340 e. The maximum atomic E-state index is 5.15. The highest BCUT2D eigenvalue weighted by molar-refractivity contribution is 9.11. The molecule has 0 radical (unpaired) electrons. The van der Waals surface area contributed by atoms with Gasteiger partial charge in [-0.05, 0) is 61.4 Å². The number of aromatic nitrogens is 2. The molecular formula is C45H40Br3N3. The zero-order valence-electron chi connectivity index (χ0n) is 28.9. The summed E-state index contributed by atoms with van der Waals surface area (Å²) in [5.74, 6) is 0. The van der Waals surface area contributed by atoms with Gasteiger partial charge in [0.05, 0.1) is 33.5 Å². The van der Waals surface area contributed by atoms with E-state index in [4.69, 9.17) is 4.99 Å². The van der Waals surface area contributed by atoms with Crippen LogP contribution in [0.2, 0.25) is 0 Å². The van der Waals surface area contributed by atoms with Crippen molar-refractivity contribution in [2.45, 2.75) is 52.6 Å². The van der Waals surface area contributed by atoms with Crippen molar-refractivity contribution in [1.29, 1.82) is 0 Å². The molecule has 51 heavy (non-hydrogen) atoms. The van der Waals surface area contributed by atoms with Gasteiger partial charge in [-0.1, -0.05) is 159 Å². The summed E-state index contributed by atoms with van der Waals surface area (Å²) in [5.41, 5.74) is 9.35. The maximum absolute atomic E-state index is 5.15. The van der Waals surface area contributed by atoms with Gasteiger partial charge >= 0.3 is 0 Å². The van der Waals surface area contributed by atoms with Gasteiger partial charge in [-0.3, -0.25) is 0 Å². The summed E-state index contributed by atoms with van der Waals surface area (Å²) in [4.78, 5) is 5.15. The minimum Gasteiger partial charge on any atom is -0.340 e. The number of unbranched alkanes of at least 4 members (excludes halogenated alkanes) is 2. The number of hydrogen-bond acceptors (Lipinski definition) is 1. The summed E-state index contributed by atoms with van der Waals surface area (Å²) in [7, 11) is 0. The van der Waals surface area contributed by atoms with E-state index in [0.717, 1.165) is 55.5 Å². The third-order valence-corrected chi connectivity index (χ3v) is 10.9. The SMILES string of the molecule is CCCCn1c2cc(Br)ccc2c2ccc(Br)cc21.CCCCn1c2cc(Br)ccc2c2ccc(N=C(c3ccccc3)c3ccccc3)cc21. The first-order chi connectivity index (χ1) is 24.9. The lowest BCUT2D eigenvalue weighted by molar-refractivity contribution is 0.665. The van der Waals surface area contributed by atoms with Crippen molar-refractivity contribution in [3.05, 3.63) is 158 Å². The lowest BCUT2D eigenvalue weighted by Gasteiger charge is -2.09. The molecule has 0 N–H and O–H groups in total. The van der Waals surface area contributed by atoms with Crippen molar-refractivity contribution >= 4 is 103 Å². The predicted molar refractivity (Wildman–Crippen MR) is 230 cm³/mol. The van der Waals surface area contributed by atoms with Crippen molar-refractivity contribution in [1.82, 2.24) is 9.13 Å². The second-order valence-electron chi connectivity index (χ2n) is 12.9. The van der Waals surface area contributed by atoms with Gasteiger partial charge in [-0.25, -0.2) is 4.99 Å². The Morgan fingerprint density at radius 2 is 0.843 bits per heavy atom. The van der Waals surface area contributed by atoms with E-state index in [9.17, 15) is 0 Å². The van der Waals surface area contributed by atoms with Gasteiger partial charge < -0.3 is 9.13 Å². The third kappa shape index (κ3) is 7.65. The fraction of sp³-hybridized carbons (Fsp3) is 0.178. The average molecular weight is 863 g/mol. The van der Waals surface area contributed by atoms with Crippen LogP contribution in [0, 0.1) is 0 Å². The fourth-order valence-electron chi connectivity index (χ4n) is 6.90. The molecule has 0 aliphatic heterocycles. The van der Waals surface area contributed by atoms with E-state index in [1.807, 2.05) is 12.1 Å². The molecule has 0 spiro atoms. The zero-order valence-corrected chi connectivity index (χ0v) is 33.7. The summed E-state index contributed by atoms with van der Waals surface area (Å²) in [5, 5.41) is 5.24. The van der Waals surface area contributed by atoms with Gasteiger partial charge in [-0.2, -0.15) is 0 Å². The molecule has 0 amide bonds. The minimum absolute atomic E-state index is 0.972. The topological polar surface area (TPSA) is 22.2 Å². The second-order valence-corrected chi connectivity index (χ2v) is 15.6. The predicted octanol–water partition coefficient (Wildman–Crippen LogP) is 14.6. The molecule has 0 fully saturated rings. The van der Waals surface area contributed by atoms with E-state index < -0.39 is 0 Å². The molecule has 0 bridgehead atoms. The Balaban J connectivity index is 0.000000182. The van der Waals surface area contributed by atoms with Crippen LogP contribution >= 0.6 is 47.8 Å². The summed E-state index contributed by atoms with van der Waals surface area (Å²) < 4.78 is 8.27. The Labute approximate surface area is 325 Å². The van der Waals surface area contributed by atoms with E-state index in [-0.39, 0.29) is 0 Å². The van der Waals surface area contributed by atoms with E-state index in [2.05, 4.69) is 192 Å². The fourth-order valence-corrected chi connectivity index (χ4v) is 7.95. The maximum Gasteiger partial charge on any atom is 0.0781 e. The van der Waals surface area contributed by atoms with Gasteiger partial charge in [0.15, 0.2) is 0 Å². The summed E-state index contributed by atoms with van der Waals surface area (Å²) in [6.07, 6.45) is 4.73. The van der Waals surface area contributed by atoms with Crippen molar-refractivity contribution in [3.8, 4) is 0 Å². The highest BCUT2D eigenvalue weighted by Gasteiger charge is 2.14. The number of fused-ring (bicyclic) bond motifs is 6. The van der Waals surface area contributed by atoms with Crippen LogP contribution in [0.1, 0.15) is 50.7 Å². The molecule has 6 aromatic carbocycles. The Bertz CT molecular complexity index is 2380. The number of benzene rings is 6. The molecule has 0 saturated carbocycles. The Kier molecular flexibility index (Phi) is 11.2. The van der Waals surface area contributed by atoms with Crippen LogP contribution in [0.25, 0.3) is 43.6 Å². The van der Waals surface area contributed by atoms with E-state index in [1.165, 1.54) is 62.9 Å². The van der Waals surface area contributed by atoms with E-state index in [0.29, 0.717) is 0 Å². The summed E-state index contributed by atoms with van der Waals surface area (Å²) in [6, 6.07) is 47.1. The van der Waals surface area contributed by atoms with E-state index in [1.54, 1.807) is 0 Å². The van der Waals surface area contributed by atoms with Gasteiger partial charge in [0, 0.05) is 59.2 Å². The van der Waals surface area contributed by atoms with Crippen LogP contribution in [0.3, 0.4) is 0 Å². The Morgan fingerprint density at radius 1 is 0.471 bits per heavy atom. The van der Waals surface area contributed by atoms with Crippen molar-refractivity contribution < 1.29 is 0 Å². The first-order valence-electron chi connectivity index (χ1n) is 17.7. The van der Waals surface area contributed by atoms with Crippen molar-refractivity contribution in [2.24, 2.45) is 4.99 Å². The molecule has 0 saturated heterocycles. The normalized spacial score (nSPS) is 11.3. The number of halogens is 3. The van der Waals surface area contributed by atoms with Crippen LogP contribution < -0.4 is 0 Å². The van der Waals surface area contributed by atoms with Crippen LogP contribution in [0.15, 0.2) is 152 Å². The third-order valence-electron chi connectivity index (χ3n) is 9.41. The molecule has 0 unspecified atom stereocenters. The van der Waals surface area contributed by atoms with Gasteiger partial charge in [0.25, 0.3) is 0 Å². The standard InChI is InChI=1S/C29H25BrN2.C16H15Br2N/c1-2-3-18-32-27-19-23(30)14-16-25(27)26-17-15-24(20-28(26)32)31-29(21-10-6-4-7-11-21)22-12-8-5-9-13-22;1-2-3-8-19-15-9-11(17)4-6-13(15)14-7-5-12(18)10-16(14)19/h4-17,19-20H,2-3,18H2,1H3;4-7,9-10H,2-3,8H2,1H3. The molecule has 8 aromatic rings. The van der Waals surface area contributed by atoms with E-state index >= 15 is 0 Å². The molecule has 3 nitrogen and oxygen atoms in total. The number of nitrogens with zero attached hydrogens (tertiary/aromatic N) is 3. The smallest absolute Gasteiger partial charge is 0.0781 e. The first-order valence-corrected chi connectivity index (χ1v) is 20.1. The zero-order chi connectivity index (χ0) is 35.3. The molecule has 0 aliphatic rings. The number of hydrogen-bond donors (Lipinski definition) is 0. The lowest BCUT2D eigenvalue weighted by Crippen LogP contribution is -2.02. The van der Waals surface area contributed by atoms with Crippen molar-refractivity contribution in [2.75, 3.05) is 0 Å². The number of aryl methyl sites for hydroxylation is 2. The van der Waals surface area contributed by atoms with Crippen LogP contribution in [-0.2, 0) is 13.1 Å².